The normalized spacial score (nSPS) is 14.5. The molecule has 2 aromatic rings. The SMILES string of the molecule is COC(OCCCCOCSSC(C)(C)CCOC(=O)NCCOCCOCCNC(=O)OCC1c2ccccc2-c2ccccc21)ON1C(=O)CCC1=O. The largest absolute Gasteiger partial charge is 0.450 e. The fraction of sp³-hybridized carbons (Fsp3) is 0.579. The Bertz CT molecular complexity index is 1460. The number of hydroxylamine groups is 2. The van der Waals surface area contributed by atoms with Gasteiger partial charge in [0.05, 0.1) is 39.6 Å². The molecule has 2 N–H and O–H groups in total. The minimum absolute atomic E-state index is 0.0118. The molecule has 1 unspecified atom stereocenters. The van der Waals surface area contributed by atoms with Crippen LogP contribution in [0.1, 0.15) is 63.0 Å². The van der Waals surface area contributed by atoms with Crippen molar-refractivity contribution in [3.05, 3.63) is 59.7 Å². The van der Waals surface area contributed by atoms with Gasteiger partial charge in [-0.15, -0.1) is 5.06 Å². The Morgan fingerprint density at radius 3 is 1.98 bits per heavy atom. The van der Waals surface area contributed by atoms with Gasteiger partial charge in [-0.25, -0.2) is 14.4 Å². The van der Waals surface area contributed by atoms with Gasteiger partial charge in [0.2, 0.25) is 0 Å². The minimum atomic E-state index is -1.13. The van der Waals surface area contributed by atoms with Crippen molar-refractivity contribution in [1.29, 1.82) is 0 Å². The lowest BCUT2D eigenvalue weighted by atomic mass is 9.98. The predicted octanol–water partition coefficient (Wildman–Crippen LogP) is 5.62. The fourth-order valence-corrected chi connectivity index (χ4v) is 7.84. The standard InChI is InChI=1S/C38H53N3O12S2/c1-38(2,55-54-27-49-19-8-9-20-51-37(46-3)53-41-33(42)14-15-34(41)43)16-21-50-35(44)39-17-22-47-24-25-48-23-18-40-36(45)52-26-32-30-12-6-4-10-28(30)29-11-5-7-13-31(29)32/h4-7,10-13,32,37H,8-9,14-27H2,1-3H3,(H,39,44)(H,40,45). The zero-order valence-electron chi connectivity index (χ0n) is 31.7. The van der Waals surface area contributed by atoms with Crippen LogP contribution in [0, 0.1) is 0 Å². The van der Waals surface area contributed by atoms with Crippen LogP contribution < -0.4 is 10.6 Å². The van der Waals surface area contributed by atoms with E-state index >= 15 is 0 Å². The number of imide groups is 1. The number of benzene rings is 2. The van der Waals surface area contributed by atoms with E-state index in [9.17, 15) is 19.2 Å². The molecule has 1 saturated heterocycles. The molecule has 1 fully saturated rings. The highest BCUT2D eigenvalue weighted by molar-refractivity contribution is 8.77. The number of unbranched alkanes of at least 4 members (excludes halogenated alkanes) is 1. The molecular formula is C38H53N3O12S2. The van der Waals surface area contributed by atoms with E-state index in [-0.39, 0.29) is 36.7 Å². The van der Waals surface area contributed by atoms with Crippen molar-refractivity contribution in [3.8, 4) is 11.1 Å². The second-order valence-electron chi connectivity index (χ2n) is 13.1. The Morgan fingerprint density at radius 2 is 1.36 bits per heavy atom. The number of amides is 4. The number of carbonyl (C=O) groups is 4. The highest BCUT2D eigenvalue weighted by Crippen LogP contribution is 2.44. The van der Waals surface area contributed by atoms with Crippen LogP contribution in [0.4, 0.5) is 9.59 Å². The summed E-state index contributed by atoms with van der Waals surface area (Å²) in [6.07, 6.45) is 1.36. The molecule has 0 spiro atoms. The van der Waals surface area contributed by atoms with Crippen LogP contribution in [0.15, 0.2) is 48.5 Å². The predicted molar refractivity (Wildman–Crippen MR) is 207 cm³/mol. The second kappa shape index (κ2) is 24.3. The van der Waals surface area contributed by atoms with Crippen LogP contribution in [0.3, 0.4) is 0 Å². The number of hydrogen-bond acceptors (Lipinski definition) is 14. The van der Waals surface area contributed by atoms with Crippen LogP contribution in [0.25, 0.3) is 11.1 Å². The molecule has 0 aromatic heterocycles. The maximum atomic E-state index is 12.3. The molecule has 15 nitrogen and oxygen atoms in total. The van der Waals surface area contributed by atoms with E-state index in [1.165, 1.54) is 29.4 Å². The van der Waals surface area contributed by atoms with E-state index < -0.39 is 30.5 Å². The monoisotopic (exact) mass is 807 g/mol. The molecule has 1 aliphatic heterocycles. The molecule has 55 heavy (non-hydrogen) atoms. The number of alkyl carbamates (subject to hydrolysis) is 2. The van der Waals surface area contributed by atoms with Gasteiger partial charge in [0, 0.05) is 50.3 Å². The topological polar surface area (TPSA) is 169 Å². The summed E-state index contributed by atoms with van der Waals surface area (Å²) in [5.74, 6) is -0.299. The Morgan fingerprint density at radius 1 is 0.782 bits per heavy atom. The summed E-state index contributed by atoms with van der Waals surface area (Å²) in [4.78, 5) is 52.8. The average molecular weight is 808 g/mol. The molecule has 0 saturated carbocycles. The van der Waals surface area contributed by atoms with E-state index in [2.05, 4.69) is 48.7 Å². The zero-order valence-corrected chi connectivity index (χ0v) is 33.4. The first kappa shape index (κ1) is 44.3. The van der Waals surface area contributed by atoms with Crippen molar-refractivity contribution in [1.82, 2.24) is 15.7 Å². The number of ether oxygens (including phenoxy) is 7. The van der Waals surface area contributed by atoms with Crippen molar-refractivity contribution >= 4 is 45.6 Å². The third-order valence-electron chi connectivity index (χ3n) is 8.43. The van der Waals surface area contributed by atoms with E-state index in [0.717, 1.165) is 6.42 Å². The lowest BCUT2D eigenvalue weighted by Gasteiger charge is -2.22. The molecule has 1 aliphatic carbocycles. The first-order chi connectivity index (χ1) is 26.7. The van der Waals surface area contributed by atoms with Crippen molar-refractivity contribution in [2.75, 3.05) is 79.0 Å². The molecule has 2 aliphatic rings. The van der Waals surface area contributed by atoms with Crippen LogP contribution >= 0.6 is 21.6 Å². The van der Waals surface area contributed by atoms with Crippen molar-refractivity contribution in [2.24, 2.45) is 0 Å². The summed E-state index contributed by atoms with van der Waals surface area (Å²) < 4.78 is 37.9. The van der Waals surface area contributed by atoms with Gasteiger partial charge in [0.25, 0.3) is 18.3 Å². The molecular weight excluding hydrogens is 755 g/mol. The van der Waals surface area contributed by atoms with Gasteiger partial charge in [-0.05, 0) is 55.4 Å². The molecule has 2 aromatic carbocycles. The van der Waals surface area contributed by atoms with Gasteiger partial charge in [0.15, 0.2) is 0 Å². The Balaban J connectivity index is 0.895. The number of nitrogens with one attached hydrogen (secondary N) is 2. The highest BCUT2D eigenvalue weighted by Gasteiger charge is 2.33. The lowest BCUT2D eigenvalue weighted by Crippen LogP contribution is -2.36. The van der Waals surface area contributed by atoms with Gasteiger partial charge in [0.1, 0.15) is 12.5 Å². The third-order valence-corrected chi connectivity index (χ3v) is 11.5. The Labute approximate surface area is 330 Å². The van der Waals surface area contributed by atoms with Gasteiger partial charge < -0.3 is 43.8 Å². The summed E-state index contributed by atoms with van der Waals surface area (Å²) in [6, 6.07) is 16.4. The van der Waals surface area contributed by atoms with Crippen molar-refractivity contribution < 1.29 is 57.2 Å². The molecule has 0 bridgehead atoms. The summed E-state index contributed by atoms with van der Waals surface area (Å²) in [5, 5.41) is 6.09. The third kappa shape index (κ3) is 15.6. The first-order valence-corrected chi connectivity index (χ1v) is 20.7. The van der Waals surface area contributed by atoms with Gasteiger partial charge in [-0.1, -0.05) is 70.1 Å². The number of hydrogen-bond donors (Lipinski definition) is 2. The van der Waals surface area contributed by atoms with Crippen LogP contribution in [-0.2, 0) is 47.6 Å². The fourth-order valence-electron chi connectivity index (χ4n) is 5.57. The quantitative estimate of drug-likeness (QED) is 0.0494. The molecule has 4 rings (SSSR count). The molecule has 0 radical (unpaired) electrons. The molecule has 1 atom stereocenters. The number of nitrogens with zero attached hydrogens (tertiary/aromatic N) is 1. The summed E-state index contributed by atoms with van der Waals surface area (Å²) >= 11 is 0. The maximum Gasteiger partial charge on any atom is 0.407 e. The van der Waals surface area contributed by atoms with Crippen LogP contribution in [0.2, 0.25) is 0 Å². The summed E-state index contributed by atoms with van der Waals surface area (Å²) in [6.45, 7) is 6.37. The second-order valence-corrected chi connectivity index (χ2v) is 16.0. The molecule has 1 heterocycles. The van der Waals surface area contributed by atoms with E-state index in [1.807, 2.05) is 24.3 Å². The Hall–Kier alpha value is -3.42. The summed E-state index contributed by atoms with van der Waals surface area (Å²) in [7, 11) is 4.62. The number of fused-ring (bicyclic) bond motifs is 3. The van der Waals surface area contributed by atoms with Crippen LogP contribution in [0.5, 0.6) is 0 Å². The number of carbonyl (C=O) groups excluding carboxylic acids is 4. The van der Waals surface area contributed by atoms with E-state index in [0.29, 0.717) is 76.6 Å². The number of methoxy groups -OCH3 is 1. The molecule has 17 heteroatoms. The minimum Gasteiger partial charge on any atom is -0.450 e. The zero-order chi connectivity index (χ0) is 39.3. The maximum absolute atomic E-state index is 12.3. The average Bonchev–Trinajstić information content (AvgIpc) is 3.67. The first-order valence-electron chi connectivity index (χ1n) is 18.4. The summed E-state index contributed by atoms with van der Waals surface area (Å²) in [5.41, 5.74) is 4.70. The lowest BCUT2D eigenvalue weighted by molar-refractivity contribution is -0.343. The van der Waals surface area contributed by atoms with Crippen molar-refractivity contribution in [3.63, 3.8) is 0 Å². The molecule has 304 valence electrons. The highest BCUT2D eigenvalue weighted by atomic mass is 33.1. The molecule has 4 amide bonds. The van der Waals surface area contributed by atoms with Crippen LogP contribution in [-0.4, -0.2) is 119 Å². The Kier molecular flexibility index (Phi) is 19.5. The van der Waals surface area contributed by atoms with Gasteiger partial charge in [-0.3, -0.25) is 9.59 Å². The van der Waals surface area contributed by atoms with E-state index in [1.54, 1.807) is 21.6 Å². The van der Waals surface area contributed by atoms with E-state index in [4.69, 9.17) is 38.0 Å². The van der Waals surface area contributed by atoms with Gasteiger partial charge >= 0.3 is 12.2 Å². The smallest absolute Gasteiger partial charge is 0.407 e. The number of rotatable bonds is 27. The van der Waals surface area contributed by atoms with Gasteiger partial charge in [-0.2, -0.15) is 0 Å². The van der Waals surface area contributed by atoms with Crippen molar-refractivity contribution in [2.45, 2.75) is 63.1 Å².